The summed E-state index contributed by atoms with van der Waals surface area (Å²) >= 11 is 3.40. The lowest BCUT2D eigenvalue weighted by Crippen LogP contribution is -2.26. The van der Waals surface area contributed by atoms with E-state index in [1.807, 2.05) is 24.3 Å². The van der Waals surface area contributed by atoms with Crippen LogP contribution in [0.4, 0.5) is 0 Å². The van der Waals surface area contributed by atoms with Gasteiger partial charge in [-0.1, -0.05) is 28.1 Å². The summed E-state index contributed by atoms with van der Waals surface area (Å²) in [4.78, 5) is 11.2. The molecule has 4 heteroatoms. The first-order valence-electron chi connectivity index (χ1n) is 5.16. The van der Waals surface area contributed by atoms with Gasteiger partial charge >= 0.3 is 0 Å². The number of amides is 1. The predicted octanol–water partition coefficient (Wildman–Crippen LogP) is 2.13. The molecular weight excluding hydrogens is 270 g/mol. The number of carbonyl (C=O) groups excluding carboxylic acids is 1. The first kappa shape index (κ1) is 13.2. The lowest BCUT2D eigenvalue weighted by atomic mass is 9.96. The summed E-state index contributed by atoms with van der Waals surface area (Å²) in [5.41, 5.74) is 6.46. The average Bonchev–Trinajstić information content (AvgIpc) is 2.24. The van der Waals surface area contributed by atoms with Gasteiger partial charge in [-0.3, -0.25) is 4.79 Å². The number of rotatable bonds is 6. The molecule has 2 N–H and O–H groups in total. The van der Waals surface area contributed by atoms with Crippen LogP contribution in [-0.2, 0) is 16.0 Å². The van der Waals surface area contributed by atoms with Crippen LogP contribution >= 0.6 is 15.9 Å². The van der Waals surface area contributed by atoms with Gasteiger partial charge in [-0.05, 0) is 30.5 Å². The Hall–Kier alpha value is -0.870. The fourth-order valence-electron chi connectivity index (χ4n) is 1.55. The van der Waals surface area contributed by atoms with Crippen LogP contribution in [0.3, 0.4) is 0 Å². The average molecular weight is 286 g/mol. The molecule has 1 aromatic carbocycles. The number of hydrogen-bond donors (Lipinski definition) is 1. The van der Waals surface area contributed by atoms with Crippen molar-refractivity contribution in [2.24, 2.45) is 11.7 Å². The Morgan fingerprint density at radius 3 is 2.88 bits per heavy atom. The quantitative estimate of drug-likeness (QED) is 0.871. The third kappa shape index (κ3) is 4.33. The lowest BCUT2D eigenvalue weighted by Gasteiger charge is -2.12. The van der Waals surface area contributed by atoms with E-state index in [2.05, 4.69) is 15.9 Å². The molecule has 1 atom stereocenters. The van der Waals surface area contributed by atoms with Gasteiger partial charge in [0.05, 0.1) is 0 Å². The number of benzene rings is 1. The van der Waals surface area contributed by atoms with Crippen molar-refractivity contribution >= 4 is 21.8 Å². The normalized spacial score (nSPS) is 12.4. The van der Waals surface area contributed by atoms with Crippen LogP contribution in [0, 0.1) is 5.92 Å². The summed E-state index contributed by atoms with van der Waals surface area (Å²) in [6, 6.07) is 7.90. The molecule has 0 fully saturated rings. The Kier molecular flexibility index (Phi) is 5.49. The van der Waals surface area contributed by atoms with Crippen molar-refractivity contribution in [2.75, 3.05) is 13.7 Å². The fraction of sp³-hybridized carbons (Fsp3) is 0.417. The first-order chi connectivity index (χ1) is 7.63. The monoisotopic (exact) mass is 285 g/mol. The van der Waals surface area contributed by atoms with Crippen LogP contribution in [0.5, 0.6) is 0 Å². The molecule has 1 aromatic rings. The SMILES string of the molecule is COCCC(Cc1cccc(Br)c1)C(N)=O. The smallest absolute Gasteiger partial charge is 0.220 e. The minimum absolute atomic E-state index is 0.158. The molecule has 0 aromatic heterocycles. The Morgan fingerprint density at radius 2 is 2.31 bits per heavy atom. The van der Waals surface area contributed by atoms with Gasteiger partial charge in [0.25, 0.3) is 0 Å². The van der Waals surface area contributed by atoms with Gasteiger partial charge in [0.15, 0.2) is 0 Å². The van der Waals surface area contributed by atoms with Crippen molar-refractivity contribution in [3.63, 3.8) is 0 Å². The molecule has 0 aliphatic heterocycles. The highest BCUT2D eigenvalue weighted by molar-refractivity contribution is 9.10. The van der Waals surface area contributed by atoms with Gasteiger partial charge in [0.2, 0.25) is 5.91 Å². The van der Waals surface area contributed by atoms with Crippen molar-refractivity contribution in [3.05, 3.63) is 34.3 Å². The van der Waals surface area contributed by atoms with Gasteiger partial charge in [0, 0.05) is 24.1 Å². The molecule has 0 aliphatic carbocycles. The van der Waals surface area contributed by atoms with Crippen molar-refractivity contribution in [3.8, 4) is 0 Å². The Morgan fingerprint density at radius 1 is 1.56 bits per heavy atom. The maximum atomic E-state index is 11.2. The third-order valence-electron chi connectivity index (χ3n) is 2.44. The molecule has 1 amide bonds. The molecule has 0 saturated heterocycles. The second-order valence-electron chi connectivity index (χ2n) is 3.71. The van der Waals surface area contributed by atoms with E-state index < -0.39 is 0 Å². The second-order valence-corrected chi connectivity index (χ2v) is 4.63. The van der Waals surface area contributed by atoms with Gasteiger partial charge in [0.1, 0.15) is 0 Å². The van der Waals surface area contributed by atoms with E-state index in [0.29, 0.717) is 19.4 Å². The van der Waals surface area contributed by atoms with E-state index >= 15 is 0 Å². The molecule has 16 heavy (non-hydrogen) atoms. The molecule has 0 bridgehead atoms. The minimum Gasteiger partial charge on any atom is -0.385 e. The van der Waals surface area contributed by atoms with Crippen LogP contribution in [0.15, 0.2) is 28.7 Å². The molecule has 88 valence electrons. The Balaban J connectivity index is 2.64. The maximum Gasteiger partial charge on any atom is 0.220 e. The van der Waals surface area contributed by atoms with E-state index in [0.717, 1.165) is 10.0 Å². The number of carbonyl (C=O) groups is 1. The van der Waals surface area contributed by atoms with E-state index in [9.17, 15) is 4.79 Å². The summed E-state index contributed by atoms with van der Waals surface area (Å²) in [5.74, 6) is -0.425. The van der Waals surface area contributed by atoms with Crippen LogP contribution in [0.25, 0.3) is 0 Å². The molecule has 1 rings (SSSR count). The topological polar surface area (TPSA) is 52.3 Å². The van der Waals surface area contributed by atoms with Crippen LogP contribution in [0.2, 0.25) is 0 Å². The van der Waals surface area contributed by atoms with Gasteiger partial charge in [-0.25, -0.2) is 0 Å². The zero-order chi connectivity index (χ0) is 12.0. The summed E-state index contributed by atoms with van der Waals surface area (Å²) in [6.07, 6.45) is 1.33. The number of halogens is 1. The number of primary amides is 1. The molecule has 0 radical (unpaired) electrons. The maximum absolute atomic E-state index is 11.2. The first-order valence-corrected chi connectivity index (χ1v) is 5.95. The number of hydrogen-bond acceptors (Lipinski definition) is 2. The van der Waals surface area contributed by atoms with Crippen molar-refractivity contribution in [1.29, 1.82) is 0 Å². The zero-order valence-electron chi connectivity index (χ0n) is 9.28. The number of ether oxygens (including phenoxy) is 1. The summed E-state index contributed by atoms with van der Waals surface area (Å²) in [5, 5.41) is 0. The molecule has 1 unspecified atom stereocenters. The molecular formula is C12H16BrNO2. The van der Waals surface area contributed by atoms with E-state index in [1.165, 1.54) is 0 Å². The summed E-state index contributed by atoms with van der Waals surface area (Å²) in [6.45, 7) is 0.557. The highest BCUT2D eigenvalue weighted by atomic mass is 79.9. The van der Waals surface area contributed by atoms with Gasteiger partial charge in [-0.15, -0.1) is 0 Å². The molecule has 0 heterocycles. The van der Waals surface area contributed by atoms with Crippen LogP contribution in [0.1, 0.15) is 12.0 Å². The molecule has 0 spiro atoms. The van der Waals surface area contributed by atoms with Crippen LogP contribution in [-0.4, -0.2) is 19.6 Å². The van der Waals surface area contributed by atoms with E-state index in [-0.39, 0.29) is 11.8 Å². The van der Waals surface area contributed by atoms with Crippen LogP contribution < -0.4 is 5.73 Å². The second kappa shape index (κ2) is 6.66. The Labute approximate surface area is 104 Å². The van der Waals surface area contributed by atoms with E-state index in [1.54, 1.807) is 7.11 Å². The third-order valence-corrected chi connectivity index (χ3v) is 2.94. The van der Waals surface area contributed by atoms with Crippen molar-refractivity contribution in [1.82, 2.24) is 0 Å². The minimum atomic E-state index is -0.267. The fourth-order valence-corrected chi connectivity index (χ4v) is 2.00. The summed E-state index contributed by atoms with van der Waals surface area (Å²) < 4.78 is 5.98. The molecule has 3 nitrogen and oxygen atoms in total. The standard InChI is InChI=1S/C12H16BrNO2/c1-16-6-5-10(12(14)15)7-9-3-2-4-11(13)8-9/h2-4,8,10H,5-7H2,1H3,(H2,14,15). The van der Waals surface area contributed by atoms with E-state index in [4.69, 9.17) is 10.5 Å². The summed E-state index contributed by atoms with van der Waals surface area (Å²) in [7, 11) is 1.62. The number of nitrogens with two attached hydrogens (primary N) is 1. The highest BCUT2D eigenvalue weighted by Crippen LogP contribution is 2.16. The highest BCUT2D eigenvalue weighted by Gasteiger charge is 2.15. The molecule has 0 aliphatic rings. The van der Waals surface area contributed by atoms with Crippen molar-refractivity contribution < 1.29 is 9.53 Å². The molecule has 0 saturated carbocycles. The Bertz CT molecular complexity index is 355. The predicted molar refractivity (Wildman–Crippen MR) is 67.0 cm³/mol. The number of methoxy groups -OCH3 is 1. The van der Waals surface area contributed by atoms with Gasteiger partial charge in [-0.2, -0.15) is 0 Å². The zero-order valence-corrected chi connectivity index (χ0v) is 10.9. The largest absolute Gasteiger partial charge is 0.385 e. The van der Waals surface area contributed by atoms with Gasteiger partial charge < -0.3 is 10.5 Å². The lowest BCUT2D eigenvalue weighted by molar-refractivity contribution is -0.122. The van der Waals surface area contributed by atoms with Crippen molar-refractivity contribution in [2.45, 2.75) is 12.8 Å².